The molecule has 0 aliphatic heterocycles. The van der Waals surface area contributed by atoms with E-state index in [-0.39, 0.29) is 5.28 Å². The van der Waals surface area contributed by atoms with Gasteiger partial charge in [0.1, 0.15) is 5.75 Å². The zero-order valence-corrected chi connectivity index (χ0v) is 17.2. The maximum Gasteiger partial charge on any atom is 0.246 e. The normalized spacial score (nSPS) is 14.4. The minimum absolute atomic E-state index is 0.202. The van der Waals surface area contributed by atoms with Crippen LogP contribution in [0.15, 0.2) is 60.7 Å². The standard InChI is InChI=1S/C23H22ClN5O/c24-23-27-26-21-12-13-22(28-29(21)23)30-20-14-16(15-25-18-8-4-5-9-18)10-11-19(20)17-6-2-1-3-7-17/h1-3,6-7,10-14,18,25H,4-5,8-9,15H2. The highest BCUT2D eigenvalue weighted by Gasteiger charge is 2.15. The van der Waals surface area contributed by atoms with Crippen molar-refractivity contribution in [3.63, 3.8) is 0 Å². The highest BCUT2D eigenvalue weighted by molar-refractivity contribution is 6.28. The summed E-state index contributed by atoms with van der Waals surface area (Å²) in [7, 11) is 0. The number of hydrogen-bond acceptors (Lipinski definition) is 5. The van der Waals surface area contributed by atoms with E-state index in [4.69, 9.17) is 16.3 Å². The van der Waals surface area contributed by atoms with Crippen molar-refractivity contribution in [3.8, 4) is 22.8 Å². The fraction of sp³-hybridized carbons (Fsp3) is 0.261. The molecule has 1 fully saturated rings. The molecule has 152 valence electrons. The monoisotopic (exact) mass is 419 g/mol. The van der Waals surface area contributed by atoms with Crippen molar-refractivity contribution in [1.29, 1.82) is 0 Å². The van der Waals surface area contributed by atoms with Crippen LogP contribution in [0.4, 0.5) is 0 Å². The number of nitrogens with one attached hydrogen (secondary N) is 1. The van der Waals surface area contributed by atoms with Gasteiger partial charge in [0.05, 0.1) is 0 Å². The van der Waals surface area contributed by atoms with Crippen LogP contribution in [0.2, 0.25) is 5.28 Å². The van der Waals surface area contributed by atoms with E-state index in [0.29, 0.717) is 17.6 Å². The van der Waals surface area contributed by atoms with Crippen LogP contribution in [0.1, 0.15) is 31.2 Å². The van der Waals surface area contributed by atoms with Crippen molar-refractivity contribution in [2.75, 3.05) is 0 Å². The molecule has 2 aromatic carbocycles. The number of nitrogens with zero attached hydrogens (tertiary/aromatic N) is 4. The predicted molar refractivity (Wildman–Crippen MR) is 117 cm³/mol. The molecule has 0 spiro atoms. The van der Waals surface area contributed by atoms with Crippen LogP contribution in [0.3, 0.4) is 0 Å². The Morgan fingerprint density at radius 3 is 2.67 bits per heavy atom. The van der Waals surface area contributed by atoms with Crippen LogP contribution in [-0.2, 0) is 6.54 Å². The quantitative estimate of drug-likeness (QED) is 0.461. The van der Waals surface area contributed by atoms with E-state index >= 15 is 0 Å². The average molecular weight is 420 g/mol. The van der Waals surface area contributed by atoms with Crippen molar-refractivity contribution >= 4 is 17.2 Å². The van der Waals surface area contributed by atoms with Crippen molar-refractivity contribution < 1.29 is 4.74 Å². The molecule has 4 aromatic rings. The van der Waals surface area contributed by atoms with Gasteiger partial charge in [-0.3, -0.25) is 0 Å². The van der Waals surface area contributed by atoms with Gasteiger partial charge in [-0.2, -0.15) is 4.52 Å². The Hall–Kier alpha value is -2.96. The summed E-state index contributed by atoms with van der Waals surface area (Å²) >= 11 is 6.07. The molecule has 0 saturated heterocycles. The van der Waals surface area contributed by atoms with E-state index < -0.39 is 0 Å². The molecule has 2 aromatic heterocycles. The predicted octanol–water partition coefficient (Wildman–Crippen LogP) is 5.27. The number of halogens is 1. The van der Waals surface area contributed by atoms with E-state index in [9.17, 15) is 0 Å². The van der Waals surface area contributed by atoms with E-state index in [2.05, 4.69) is 50.9 Å². The van der Waals surface area contributed by atoms with Gasteiger partial charge in [-0.15, -0.1) is 15.3 Å². The molecule has 0 radical (unpaired) electrons. The molecule has 7 heteroatoms. The molecular formula is C23H22ClN5O. The molecule has 1 aliphatic carbocycles. The molecule has 6 nitrogen and oxygen atoms in total. The summed E-state index contributed by atoms with van der Waals surface area (Å²) in [6.45, 7) is 0.819. The molecule has 1 saturated carbocycles. The average Bonchev–Trinajstić information content (AvgIpc) is 3.43. The summed E-state index contributed by atoms with van der Waals surface area (Å²) in [5, 5.41) is 16.1. The lowest BCUT2D eigenvalue weighted by Gasteiger charge is -2.15. The first-order valence-electron chi connectivity index (χ1n) is 10.2. The molecule has 1 aliphatic rings. The number of rotatable bonds is 6. The topological polar surface area (TPSA) is 64.3 Å². The zero-order chi connectivity index (χ0) is 20.3. The molecule has 0 atom stereocenters. The maximum atomic E-state index is 6.23. The number of aromatic nitrogens is 4. The third kappa shape index (κ3) is 4.01. The molecule has 5 rings (SSSR count). The fourth-order valence-electron chi connectivity index (χ4n) is 3.92. The first-order valence-corrected chi connectivity index (χ1v) is 10.6. The summed E-state index contributed by atoms with van der Waals surface area (Å²) in [4.78, 5) is 0. The second-order valence-electron chi connectivity index (χ2n) is 7.57. The number of ether oxygens (including phenoxy) is 1. The van der Waals surface area contributed by atoms with Crippen molar-refractivity contribution in [2.24, 2.45) is 0 Å². The molecule has 0 amide bonds. The molecule has 1 N–H and O–H groups in total. The van der Waals surface area contributed by atoms with E-state index in [1.807, 2.05) is 18.2 Å². The van der Waals surface area contributed by atoms with Gasteiger partial charge in [0.25, 0.3) is 0 Å². The van der Waals surface area contributed by atoms with Gasteiger partial charge < -0.3 is 10.1 Å². The summed E-state index contributed by atoms with van der Waals surface area (Å²) in [5.41, 5.74) is 3.85. The largest absolute Gasteiger partial charge is 0.437 e. The number of hydrogen-bond donors (Lipinski definition) is 1. The minimum Gasteiger partial charge on any atom is -0.437 e. The molecule has 30 heavy (non-hydrogen) atoms. The second kappa shape index (κ2) is 8.42. The van der Waals surface area contributed by atoms with Gasteiger partial charge in [-0.1, -0.05) is 55.3 Å². The van der Waals surface area contributed by atoms with Gasteiger partial charge in [0, 0.05) is 24.2 Å². The third-order valence-electron chi connectivity index (χ3n) is 5.50. The van der Waals surface area contributed by atoms with Crippen LogP contribution < -0.4 is 10.1 Å². The highest BCUT2D eigenvalue weighted by atomic mass is 35.5. The van der Waals surface area contributed by atoms with Gasteiger partial charge in [-0.25, -0.2) is 0 Å². The fourth-order valence-corrected chi connectivity index (χ4v) is 4.08. The first-order chi connectivity index (χ1) is 14.8. The Labute approximate surface area is 179 Å². The minimum atomic E-state index is 0.202. The zero-order valence-electron chi connectivity index (χ0n) is 16.5. The van der Waals surface area contributed by atoms with Gasteiger partial charge in [-0.05, 0) is 47.7 Å². The van der Waals surface area contributed by atoms with E-state index in [0.717, 1.165) is 23.4 Å². The molecule has 0 bridgehead atoms. The van der Waals surface area contributed by atoms with Crippen LogP contribution >= 0.6 is 11.6 Å². The van der Waals surface area contributed by atoms with Crippen LogP contribution in [0.5, 0.6) is 11.6 Å². The molecular weight excluding hydrogens is 398 g/mol. The Morgan fingerprint density at radius 1 is 1.00 bits per heavy atom. The Morgan fingerprint density at radius 2 is 1.83 bits per heavy atom. The second-order valence-corrected chi connectivity index (χ2v) is 7.91. The highest BCUT2D eigenvalue weighted by Crippen LogP contribution is 2.34. The molecule has 2 heterocycles. The third-order valence-corrected chi connectivity index (χ3v) is 5.73. The lowest BCUT2D eigenvalue weighted by Crippen LogP contribution is -2.25. The summed E-state index contributed by atoms with van der Waals surface area (Å²) < 4.78 is 7.70. The lowest BCUT2D eigenvalue weighted by atomic mass is 10.0. The van der Waals surface area contributed by atoms with Crippen LogP contribution in [0, 0.1) is 0 Å². The first kappa shape index (κ1) is 19.0. The van der Waals surface area contributed by atoms with Crippen molar-refractivity contribution in [1.82, 2.24) is 25.1 Å². The van der Waals surface area contributed by atoms with Gasteiger partial charge in [0.2, 0.25) is 11.2 Å². The lowest BCUT2D eigenvalue weighted by molar-refractivity contribution is 0.452. The number of fused-ring (bicyclic) bond motifs is 1. The Bertz CT molecular complexity index is 1150. The summed E-state index contributed by atoms with van der Waals surface area (Å²) in [6, 6.07) is 20.7. The molecule has 0 unspecified atom stereocenters. The number of benzene rings is 2. The van der Waals surface area contributed by atoms with Crippen LogP contribution in [0.25, 0.3) is 16.8 Å². The van der Waals surface area contributed by atoms with Crippen LogP contribution in [-0.4, -0.2) is 25.9 Å². The summed E-state index contributed by atoms with van der Waals surface area (Å²) in [5.74, 6) is 1.19. The SMILES string of the molecule is Clc1nnc2ccc(Oc3cc(CNC4CCCC4)ccc3-c3ccccc3)nn12. The summed E-state index contributed by atoms with van der Waals surface area (Å²) in [6.07, 6.45) is 5.15. The van der Waals surface area contributed by atoms with Crippen molar-refractivity contribution in [2.45, 2.75) is 38.3 Å². The maximum absolute atomic E-state index is 6.23. The Kier molecular flexibility index (Phi) is 5.34. The van der Waals surface area contributed by atoms with E-state index in [1.165, 1.54) is 35.8 Å². The van der Waals surface area contributed by atoms with Crippen molar-refractivity contribution in [3.05, 3.63) is 71.5 Å². The van der Waals surface area contributed by atoms with Gasteiger partial charge in [0.15, 0.2) is 5.65 Å². The Balaban J connectivity index is 1.47. The smallest absolute Gasteiger partial charge is 0.246 e. The van der Waals surface area contributed by atoms with E-state index in [1.54, 1.807) is 12.1 Å². The van der Waals surface area contributed by atoms with Gasteiger partial charge >= 0.3 is 0 Å².